The van der Waals surface area contributed by atoms with Crippen molar-refractivity contribution < 1.29 is 10.2 Å². The minimum absolute atomic E-state index is 0.416. The van der Waals surface area contributed by atoms with E-state index in [1.807, 2.05) is 24.3 Å². The summed E-state index contributed by atoms with van der Waals surface area (Å²) in [5.74, 6) is 0. The third-order valence-corrected chi connectivity index (χ3v) is 4.35. The van der Waals surface area contributed by atoms with Crippen LogP contribution < -0.4 is 0 Å². The molecule has 0 aliphatic heterocycles. The van der Waals surface area contributed by atoms with Crippen molar-refractivity contribution in [2.45, 2.75) is 44.9 Å². The maximum absolute atomic E-state index is 10.4. The Hall–Kier alpha value is -1.84. The lowest BCUT2D eigenvalue weighted by Crippen LogP contribution is -2.30. The number of benzene rings is 2. The first-order valence-corrected chi connectivity index (χ1v) is 8.04. The van der Waals surface area contributed by atoms with Crippen LogP contribution in [-0.4, -0.2) is 27.0 Å². The van der Waals surface area contributed by atoms with Gasteiger partial charge >= 0.3 is 0 Å². The van der Waals surface area contributed by atoms with Crippen LogP contribution in [0, 0.1) is 0 Å². The van der Waals surface area contributed by atoms with Gasteiger partial charge in [0.15, 0.2) is 0 Å². The second kappa shape index (κ2) is 6.51. The van der Waals surface area contributed by atoms with Crippen LogP contribution in [0.15, 0.2) is 48.5 Å². The molecular weight excluding hydrogens is 274 g/mol. The highest BCUT2D eigenvalue weighted by molar-refractivity contribution is 6.07. The third kappa shape index (κ3) is 2.74. The zero-order valence-electron chi connectivity index (χ0n) is 12.9. The van der Waals surface area contributed by atoms with Crippen LogP contribution in [0.4, 0.5) is 0 Å². The predicted octanol–water partition coefficient (Wildman–Crippen LogP) is 3.71. The minimum Gasteiger partial charge on any atom is -0.390 e. The lowest BCUT2D eigenvalue weighted by atomic mass is 10.1. The molecule has 0 amide bonds. The summed E-state index contributed by atoms with van der Waals surface area (Å²) >= 11 is 0. The Bertz CT molecular complexity index is 709. The molecule has 2 aromatic carbocycles. The molecule has 0 radical (unpaired) electrons. The number of para-hydroxylation sites is 2. The van der Waals surface area contributed by atoms with E-state index >= 15 is 0 Å². The van der Waals surface area contributed by atoms with Crippen molar-refractivity contribution in [1.29, 1.82) is 0 Å². The van der Waals surface area contributed by atoms with Gasteiger partial charge in [-0.3, -0.25) is 0 Å². The van der Waals surface area contributed by atoms with Gasteiger partial charge in [0.05, 0.1) is 18.8 Å². The molecule has 1 aromatic heterocycles. The van der Waals surface area contributed by atoms with Gasteiger partial charge in [-0.1, -0.05) is 56.2 Å². The van der Waals surface area contributed by atoms with E-state index in [0.717, 1.165) is 23.9 Å². The van der Waals surface area contributed by atoms with Crippen molar-refractivity contribution in [3.05, 3.63) is 48.5 Å². The molecule has 0 unspecified atom stereocenters. The molecule has 0 saturated heterocycles. The lowest BCUT2D eigenvalue weighted by molar-refractivity contribution is 0.00505. The smallest absolute Gasteiger partial charge is 0.0977 e. The van der Waals surface area contributed by atoms with Gasteiger partial charge in [0, 0.05) is 21.8 Å². The molecule has 2 N–H and O–H groups in total. The molecule has 116 valence electrons. The number of hydrogen-bond acceptors (Lipinski definition) is 2. The monoisotopic (exact) mass is 297 g/mol. The van der Waals surface area contributed by atoms with Gasteiger partial charge in [0.1, 0.15) is 0 Å². The molecule has 3 aromatic rings. The van der Waals surface area contributed by atoms with E-state index in [1.54, 1.807) is 0 Å². The van der Waals surface area contributed by atoms with Gasteiger partial charge in [-0.15, -0.1) is 0 Å². The highest BCUT2D eigenvalue weighted by Crippen LogP contribution is 2.29. The van der Waals surface area contributed by atoms with Crippen molar-refractivity contribution in [2.24, 2.45) is 0 Å². The molecule has 0 spiro atoms. The highest BCUT2D eigenvalue weighted by Gasteiger charge is 2.19. The summed E-state index contributed by atoms with van der Waals surface area (Å²) in [4.78, 5) is 0. The number of hydrogen-bond donors (Lipinski definition) is 2. The molecule has 3 heteroatoms. The second-order valence-electron chi connectivity index (χ2n) is 5.92. The van der Waals surface area contributed by atoms with E-state index in [-0.39, 0.29) is 0 Å². The fourth-order valence-corrected chi connectivity index (χ4v) is 3.11. The topological polar surface area (TPSA) is 45.4 Å². The van der Waals surface area contributed by atoms with E-state index in [4.69, 9.17) is 0 Å². The first-order chi connectivity index (χ1) is 10.7. The lowest BCUT2D eigenvalue weighted by Gasteiger charge is -2.19. The van der Waals surface area contributed by atoms with E-state index in [9.17, 15) is 10.2 Å². The molecule has 0 aliphatic rings. The number of unbranched alkanes of at least 4 members (excludes halogenated alkanes) is 1. The van der Waals surface area contributed by atoms with Crippen LogP contribution in [-0.2, 0) is 6.54 Å². The number of nitrogens with zero attached hydrogens (tertiary/aromatic N) is 1. The molecule has 22 heavy (non-hydrogen) atoms. The van der Waals surface area contributed by atoms with Gasteiger partial charge in [-0.2, -0.15) is 0 Å². The fraction of sp³-hybridized carbons (Fsp3) is 0.368. The zero-order chi connectivity index (χ0) is 15.5. The van der Waals surface area contributed by atoms with E-state index in [1.165, 1.54) is 10.8 Å². The van der Waals surface area contributed by atoms with Gasteiger partial charge < -0.3 is 14.8 Å². The Morgan fingerprint density at radius 3 is 1.95 bits per heavy atom. The predicted molar refractivity (Wildman–Crippen MR) is 91.0 cm³/mol. The van der Waals surface area contributed by atoms with Gasteiger partial charge in [-0.05, 0) is 18.6 Å². The van der Waals surface area contributed by atoms with Crippen molar-refractivity contribution in [3.63, 3.8) is 0 Å². The summed E-state index contributed by atoms with van der Waals surface area (Å²) < 4.78 is 2.12. The van der Waals surface area contributed by atoms with Crippen LogP contribution in [0.25, 0.3) is 21.8 Å². The van der Waals surface area contributed by atoms with E-state index < -0.39 is 12.2 Å². The number of aliphatic hydroxyl groups is 2. The summed E-state index contributed by atoms with van der Waals surface area (Å²) in [6.45, 7) is 2.50. The van der Waals surface area contributed by atoms with Gasteiger partial charge in [-0.25, -0.2) is 0 Å². The molecule has 3 nitrogen and oxygen atoms in total. The van der Waals surface area contributed by atoms with Crippen molar-refractivity contribution in [3.8, 4) is 0 Å². The molecule has 1 heterocycles. The van der Waals surface area contributed by atoms with Crippen LogP contribution in [0.1, 0.15) is 26.2 Å². The van der Waals surface area contributed by atoms with Crippen LogP contribution in [0.3, 0.4) is 0 Å². The van der Waals surface area contributed by atoms with Crippen molar-refractivity contribution in [2.75, 3.05) is 0 Å². The maximum atomic E-state index is 10.4. The first kappa shape index (κ1) is 15.1. The van der Waals surface area contributed by atoms with Gasteiger partial charge in [0.25, 0.3) is 0 Å². The maximum Gasteiger partial charge on any atom is 0.0977 e. The molecule has 3 rings (SSSR count). The summed E-state index contributed by atoms with van der Waals surface area (Å²) in [6.07, 6.45) is 1.20. The Labute approximate surface area is 130 Å². The van der Waals surface area contributed by atoms with Crippen LogP contribution >= 0.6 is 0 Å². The molecule has 0 aliphatic carbocycles. The Morgan fingerprint density at radius 2 is 1.41 bits per heavy atom. The van der Waals surface area contributed by atoms with Gasteiger partial charge in [0.2, 0.25) is 0 Å². The standard InChI is InChI=1S/C19H23NO2/c1-2-3-12-18(21)19(22)13-20-16-10-6-4-8-14(16)15-9-5-7-11-17(15)20/h4-11,18-19,21-22H,2-3,12-13H2,1H3/t18-,19+/m1/s1. The third-order valence-electron chi connectivity index (χ3n) is 4.35. The van der Waals surface area contributed by atoms with Crippen molar-refractivity contribution in [1.82, 2.24) is 4.57 Å². The Balaban J connectivity index is 1.98. The number of aromatic nitrogens is 1. The second-order valence-corrected chi connectivity index (χ2v) is 5.92. The van der Waals surface area contributed by atoms with Crippen molar-refractivity contribution >= 4 is 21.8 Å². The van der Waals surface area contributed by atoms with E-state index in [2.05, 4.69) is 35.8 Å². The molecular formula is C19H23NO2. The normalized spacial score (nSPS) is 14.5. The quantitative estimate of drug-likeness (QED) is 0.728. The van der Waals surface area contributed by atoms with Crippen LogP contribution in [0.2, 0.25) is 0 Å². The molecule has 0 fully saturated rings. The Morgan fingerprint density at radius 1 is 0.864 bits per heavy atom. The minimum atomic E-state index is -0.745. The summed E-state index contributed by atoms with van der Waals surface area (Å²) in [6, 6.07) is 16.4. The Kier molecular flexibility index (Phi) is 4.46. The molecule has 0 saturated carbocycles. The number of rotatable bonds is 6. The highest BCUT2D eigenvalue weighted by atomic mass is 16.3. The SMILES string of the molecule is CCCC[C@@H](O)[C@@H](O)Cn1c2ccccc2c2ccccc21. The average molecular weight is 297 g/mol. The molecule has 0 bridgehead atoms. The zero-order valence-corrected chi connectivity index (χ0v) is 12.9. The average Bonchev–Trinajstić information content (AvgIpc) is 2.87. The summed E-state index contributed by atoms with van der Waals surface area (Å²) in [5, 5.41) is 22.9. The van der Waals surface area contributed by atoms with E-state index in [0.29, 0.717) is 13.0 Å². The summed E-state index contributed by atoms with van der Waals surface area (Å²) in [5.41, 5.74) is 2.20. The number of aliphatic hydroxyl groups excluding tert-OH is 2. The summed E-state index contributed by atoms with van der Waals surface area (Å²) in [7, 11) is 0. The fourth-order valence-electron chi connectivity index (χ4n) is 3.11. The molecule has 2 atom stereocenters. The van der Waals surface area contributed by atoms with Crippen LogP contribution in [0.5, 0.6) is 0 Å². The first-order valence-electron chi connectivity index (χ1n) is 8.04. The number of fused-ring (bicyclic) bond motifs is 3. The largest absolute Gasteiger partial charge is 0.390 e.